The van der Waals surface area contributed by atoms with Gasteiger partial charge >= 0.3 is 6.18 Å². The summed E-state index contributed by atoms with van der Waals surface area (Å²) in [6.45, 7) is 3.66. The molecule has 3 aromatic rings. The SMILES string of the molecule is Cc1ccccc1-n1cnnc1S[C@H](C)C(=O)Nc1ccc(C(F)(F)F)cc1. The number of nitrogens with zero attached hydrogens (tertiary/aromatic N) is 3. The van der Waals surface area contributed by atoms with Crippen molar-refractivity contribution in [3.63, 3.8) is 0 Å². The van der Waals surface area contributed by atoms with E-state index in [2.05, 4.69) is 15.5 Å². The molecule has 0 aliphatic carbocycles. The lowest BCUT2D eigenvalue weighted by Crippen LogP contribution is -2.23. The number of benzene rings is 2. The molecule has 0 aliphatic heterocycles. The van der Waals surface area contributed by atoms with Gasteiger partial charge in [-0.3, -0.25) is 9.36 Å². The number of nitrogens with one attached hydrogen (secondary N) is 1. The Balaban J connectivity index is 1.69. The zero-order chi connectivity index (χ0) is 20.3. The minimum Gasteiger partial charge on any atom is -0.325 e. The second kappa shape index (κ2) is 8.05. The topological polar surface area (TPSA) is 59.8 Å². The first-order valence-corrected chi connectivity index (χ1v) is 9.24. The second-order valence-electron chi connectivity index (χ2n) is 6.09. The van der Waals surface area contributed by atoms with Crippen molar-refractivity contribution in [1.82, 2.24) is 14.8 Å². The number of amides is 1. The Labute approximate surface area is 164 Å². The zero-order valence-corrected chi connectivity index (χ0v) is 15.9. The number of hydrogen-bond donors (Lipinski definition) is 1. The molecule has 0 fully saturated rings. The lowest BCUT2D eigenvalue weighted by atomic mass is 10.2. The highest BCUT2D eigenvalue weighted by Gasteiger charge is 2.30. The van der Waals surface area contributed by atoms with Crippen LogP contribution in [0.15, 0.2) is 60.0 Å². The van der Waals surface area contributed by atoms with Crippen molar-refractivity contribution < 1.29 is 18.0 Å². The monoisotopic (exact) mass is 406 g/mol. The molecule has 5 nitrogen and oxygen atoms in total. The van der Waals surface area contributed by atoms with Crippen LogP contribution in [-0.2, 0) is 11.0 Å². The molecule has 1 aromatic heterocycles. The van der Waals surface area contributed by atoms with Gasteiger partial charge in [-0.2, -0.15) is 13.2 Å². The highest BCUT2D eigenvalue weighted by atomic mass is 32.2. The van der Waals surface area contributed by atoms with E-state index in [4.69, 9.17) is 0 Å². The molecule has 1 N–H and O–H groups in total. The van der Waals surface area contributed by atoms with Gasteiger partial charge in [0.25, 0.3) is 0 Å². The van der Waals surface area contributed by atoms with Crippen molar-refractivity contribution >= 4 is 23.4 Å². The average molecular weight is 406 g/mol. The number of halogens is 3. The number of para-hydroxylation sites is 1. The van der Waals surface area contributed by atoms with Crippen LogP contribution in [0.5, 0.6) is 0 Å². The van der Waals surface area contributed by atoms with Crippen LogP contribution in [-0.4, -0.2) is 25.9 Å². The normalized spacial score (nSPS) is 12.6. The highest BCUT2D eigenvalue weighted by Crippen LogP contribution is 2.30. The molecule has 146 valence electrons. The third kappa shape index (κ3) is 4.53. The molecule has 1 heterocycles. The maximum atomic E-state index is 12.6. The summed E-state index contributed by atoms with van der Waals surface area (Å²) >= 11 is 1.21. The molecule has 0 radical (unpaired) electrons. The van der Waals surface area contributed by atoms with Crippen LogP contribution in [0.4, 0.5) is 18.9 Å². The van der Waals surface area contributed by atoms with E-state index < -0.39 is 17.0 Å². The Morgan fingerprint density at radius 2 is 1.82 bits per heavy atom. The van der Waals surface area contributed by atoms with Gasteiger partial charge in [0, 0.05) is 5.69 Å². The van der Waals surface area contributed by atoms with Gasteiger partial charge in [-0.05, 0) is 49.7 Å². The van der Waals surface area contributed by atoms with Crippen LogP contribution in [0.3, 0.4) is 0 Å². The number of aromatic nitrogens is 3. The van der Waals surface area contributed by atoms with Gasteiger partial charge in [0.1, 0.15) is 6.33 Å². The fourth-order valence-electron chi connectivity index (χ4n) is 2.50. The number of carbonyl (C=O) groups excluding carboxylic acids is 1. The van der Waals surface area contributed by atoms with Gasteiger partial charge in [-0.1, -0.05) is 30.0 Å². The molecule has 3 rings (SSSR count). The quantitative estimate of drug-likeness (QED) is 0.623. The van der Waals surface area contributed by atoms with Crippen molar-refractivity contribution in [1.29, 1.82) is 0 Å². The Bertz CT molecular complexity index is 970. The Hall–Kier alpha value is -2.81. The van der Waals surface area contributed by atoms with Gasteiger partial charge in [0.15, 0.2) is 5.16 Å². The summed E-state index contributed by atoms with van der Waals surface area (Å²) < 4.78 is 39.7. The molecule has 0 unspecified atom stereocenters. The summed E-state index contributed by atoms with van der Waals surface area (Å²) in [6.07, 6.45) is -2.84. The molecule has 28 heavy (non-hydrogen) atoms. The molecule has 9 heteroatoms. The van der Waals surface area contributed by atoms with Crippen LogP contribution in [0.25, 0.3) is 5.69 Å². The van der Waals surface area contributed by atoms with Gasteiger partial charge in [0.2, 0.25) is 5.91 Å². The van der Waals surface area contributed by atoms with E-state index in [9.17, 15) is 18.0 Å². The number of hydrogen-bond acceptors (Lipinski definition) is 4. The Morgan fingerprint density at radius 3 is 2.46 bits per heavy atom. The molecule has 1 atom stereocenters. The molecule has 0 saturated carbocycles. The lowest BCUT2D eigenvalue weighted by molar-refractivity contribution is -0.137. The third-order valence-corrected chi connectivity index (χ3v) is 5.08. The molecular weight excluding hydrogens is 389 g/mol. The van der Waals surface area contributed by atoms with Gasteiger partial charge in [0.05, 0.1) is 16.5 Å². The molecule has 0 aliphatic rings. The van der Waals surface area contributed by atoms with Crippen molar-refractivity contribution in [2.24, 2.45) is 0 Å². The van der Waals surface area contributed by atoms with E-state index in [1.165, 1.54) is 23.9 Å². The van der Waals surface area contributed by atoms with Crippen molar-refractivity contribution in [2.75, 3.05) is 5.32 Å². The number of alkyl halides is 3. The minimum atomic E-state index is -4.41. The maximum Gasteiger partial charge on any atom is 0.416 e. The number of aryl methyl sites for hydroxylation is 1. The number of thioether (sulfide) groups is 1. The van der Waals surface area contributed by atoms with E-state index in [0.29, 0.717) is 10.8 Å². The molecule has 2 aromatic carbocycles. The largest absolute Gasteiger partial charge is 0.416 e. The fourth-order valence-corrected chi connectivity index (χ4v) is 3.34. The maximum absolute atomic E-state index is 12.6. The van der Waals surface area contributed by atoms with Crippen LogP contribution in [0.2, 0.25) is 0 Å². The lowest BCUT2D eigenvalue weighted by Gasteiger charge is -2.14. The fraction of sp³-hybridized carbons (Fsp3) is 0.211. The summed E-state index contributed by atoms with van der Waals surface area (Å²) in [7, 11) is 0. The summed E-state index contributed by atoms with van der Waals surface area (Å²) in [5.74, 6) is -0.343. The summed E-state index contributed by atoms with van der Waals surface area (Å²) in [5, 5.41) is 10.6. The first-order chi connectivity index (χ1) is 13.3. The number of anilines is 1. The standard InChI is InChI=1S/C19H17F3N4OS/c1-12-5-3-4-6-16(12)26-11-23-25-18(26)28-13(2)17(27)24-15-9-7-14(8-10-15)19(20,21)22/h3-11,13H,1-2H3,(H,24,27)/t13-/m1/s1. The predicted octanol–water partition coefficient (Wildman–Crippen LogP) is 4.71. The molecule has 0 saturated heterocycles. The molecular formula is C19H17F3N4OS. The summed E-state index contributed by atoms with van der Waals surface area (Å²) in [6, 6.07) is 12.0. The van der Waals surface area contributed by atoms with E-state index >= 15 is 0 Å². The van der Waals surface area contributed by atoms with Gasteiger partial charge in [-0.15, -0.1) is 10.2 Å². The Morgan fingerprint density at radius 1 is 1.14 bits per heavy atom. The second-order valence-corrected chi connectivity index (χ2v) is 7.40. The molecule has 1 amide bonds. The predicted molar refractivity (Wildman–Crippen MR) is 101 cm³/mol. The van der Waals surface area contributed by atoms with Crippen LogP contribution >= 0.6 is 11.8 Å². The van der Waals surface area contributed by atoms with Crippen LogP contribution in [0, 0.1) is 6.92 Å². The first kappa shape index (κ1) is 19.9. The van der Waals surface area contributed by atoms with Crippen molar-refractivity contribution in [3.05, 3.63) is 66.0 Å². The average Bonchev–Trinajstić information content (AvgIpc) is 3.09. The van der Waals surface area contributed by atoms with E-state index in [0.717, 1.165) is 23.4 Å². The molecule has 0 bridgehead atoms. The van der Waals surface area contributed by atoms with Crippen LogP contribution < -0.4 is 5.32 Å². The van der Waals surface area contributed by atoms with E-state index in [-0.39, 0.29) is 5.91 Å². The number of carbonyl (C=O) groups is 1. The van der Waals surface area contributed by atoms with Crippen molar-refractivity contribution in [2.45, 2.75) is 30.4 Å². The Kier molecular flexibility index (Phi) is 5.73. The van der Waals surface area contributed by atoms with Crippen molar-refractivity contribution in [3.8, 4) is 5.69 Å². The third-order valence-electron chi connectivity index (χ3n) is 4.02. The minimum absolute atomic E-state index is 0.297. The number of rotatable bonds is 5. The smallest absolute Gasteiger partial charge is 0.325 e. The first-order valence-electron chi connectivity index (χ1n) is 8.36. The highest BCUT2D eigenvalue weighted by molar-refractivity contribution is 8.00. The van der Waals surface area contributed by atoms with Gasteiger partial charge in [-0.25, -0.2) is 0 Å². The van der Waals surface area contributed by atoms with E-state index in [1.54, 1.807) is 17.8 Å². The van der Waals surface area contributed by atoms with E-state index in [1.807, 2.05) is 31.2 Å². The zero-order valence-electron chi connectivity index (χ0n) is 15.1. The summed E-state index contributed by atoms with van der Waals surface area (Å²) in [4.78, 5) is 12.4. The van der Waals surface area contributed by atoms with Gasteiger partial charge < -0.3 is 5.32 Å². The summed E-state index contributed by atoms with van der Waals surface area (Å²) in [5.41, 5.74) is 1.47. The van der Waals surface area contributed by atoms with Crippen LogP contribution in [0.1, 0.15) is 18.1 Å². The molecule has 0 spiro atoms.